The van der Waals surface area contributed by atoms with Gasteiger partial charge in [0.05, 0.1) is 0 Å². The maximum Gasteiger partial charge on any atom is 0.243 e. The maximum atomic E-state index is 12.0. The molecule has 8 heteroatoms. The Balaban J connectivity index is 1.68. The van der Waals surface area contributed by atoms with E-state index in [1.807, 2.05) is 4.57 Å². The van der Waals surface area contributed by atoms with Crippen molar-refractivity contribution in [2.45, 2.75) is 32.9 Å². The molecule has 8 nitrogen and oxygen atoms in total. The van der Waals surface area contributed by atoms with Gasteiger partial charge in [-0.3, -0.25) is 4.79 Å². The van der Waals surface area contributed by atoms with Crippen molar-refractivity contribution >= 4 is 11.9 Å². The lowest BCUT2D eigenvalue weighted by Crippen LogP contribution is -2.45. The Bertz CT molecular complexity index is 827. The van der Waals surface area contributed by atoms with Gasteiger partial charge < -0.3 is 19.7 Å². The van der Waals surface area contributed by atoms with Crippen LogP contribution >= 0.6 is 0 Å². The maximum absolute atomic E-state index is 12.0. The van der Waals surface area contributed by atoms with E-state index in [0.717, 1.165) is 44.3 Å². The van der Waals surface area contributed by atoms with Gasteiger partial charge in [-0.25, -0.2) is 4.99 Å². The number of aromatic nitrogens is 3. The zero-order chi connectivity index (χ0) is 19.9. The summed E-state index contributed by atoms with van der Waals surface area (Å²) in [6.07, 6.45) is 3.58. The van der Waals surface area contributed by atoms with Crippen LogP contribution in [0.5, 0.6) is 0 Å². The number of benzene rings is 1. The van der Waals surface area contributed by atoms with E-state index in [9.17, 15) is 4.79 Å². The molecule has 2 aromatic rings. The summed E-state index contributed by atoms with van der Waals surface area (Å²) >= 11 is 0. The van der Waals surface area contributed by atoms with Crippen LogP contribution in [0.4, 0.5) is 0 Å². The minimum atomic E-state index is -0.0104. The third-order valence-corrected chi connectivity index (χ3v) is 4.94. The van der Waals surface area contributed by atoms with Gasteiger partial charge >= 0.3 is 0 Å². The molecule has 0 bridgehead atoms. The molecule has 1 aromatic carbocycles. The smallest absolute Gasteiger partial charge is 0.243 e. The van der Waals surface area contributed by atoms with Crippen molar-refractivity contribution in [3.8, 4) is 0 Å². The number of likely N-dealkylation sites (N-methyl/N-ethyl adjacent to an activating group) is 1. The first kappa shape index (κ1) is 19.9. The molecule has 1 aromatic heterocycles. The first-order chi connectivity index (χ1) is 13.6. The predicted octanol–water partition coefficient (Wildman–Crippen LogP) is 0.933. The van der Waals surface area contributed by atoms with Crippen LogP contribution < -0.4 is 5.32 Å². The van der Waals surface area contributed by atoms with E-state index in [4.69, 9.17) is 0 Å². The second-order valence-corrected chi connectivity index (χ2v) is 7.09. The van der Waals surface area contributed by atoms with Gasteiger partial charge in [0, 0.05) is 46.7 Å². The number of fused-ring (bicyclic) bond motifs is 1. The highest BCUT2D eigenvalue weighted by molar-refractivity contribution is 5.85. The molecule has 1 aliphatic heterocycles. The van der Waals surface area contributed by atoms with Gasteiger partial charge in [0.1, 0.15) is 18.7 Å². The molecule has 0 saturated carbocycles. The third-order valence-electron chi connectivity index (χ3n) is 4.94. The molecule has 1 N–H and O–H groups in total. The molecule has 0 spiro atoms. The lowest BCUT2D eigenvalue weighted by Gasteiger charge is -2.32. The zero-order valence-corrected chi connectivity index (χ0v) is 16.9. The van der Waals surface area contributed by atoms with E-state index < -0.39 is 0 Å². The number of amides is 1. The minimum Gasteiger partial charge on any atom is -0.354 e. The topological polar surface area (TPSA) is 78.6 Å². The zero-order valence-electron chi connectivity index (χ0n) is 16.9. The Hall–Kier alpha value is -2.90. The second kappa shape index (κ2) is 9.34. The quantitative estimate of drug-likeness (QED) is 0.593. The van der Waals surface area contributed by atoms with E-state index in [0.29, 0.717) is 6.54 Å². The van der Waals surface area contributed by atoms with E-state index in [2.05, 4.69) is 56.6 Å². The highest BCUT2D eigenvalue weighted by atomic mass is 16.2. The number of aliphatic imine (C=N–C) groups is 1. The van der Waals surface area contributed by atoms with Crippen molar-refractivity contribution in [3.63, 3.8) is 0 Å². The van der Waals surface area contributed by atoms with Crippen LogP contribution in [0.3, 0.4) is 0 Å². The van der Waals surface area contributed by atoms with Crippen LogP contribution in [-0.2, 0) is 30.7 Å². The monoisotopic (exact) mass is 383 g/mol. The van der Waals surface area contributed by atoms with Gasteiger partial charge in [0.25, 0.3) is 0 Å². The molecule has 1 aliphatic rings. The Labute approximate surface area is 166 Å². The average molecular weight is 384 g/mol. The Morgan fingerprint density at radius 3 is 2.82 bits per heavy atom. The number of guanidine groups is 1. The molecular weight excluding hydrogens is 354 g/mol. The molecular formula is C20H29N7O. The summed E-state index contributed by atoms with van der Waals surface area (Å²) in [5, 5.41) is 11.5. The average Bonchev–Trinajstić information content (AvgIpc) is 3.17. The first-order valence-corrected chi connectivity index (χ1v) is 9.75. The van der Waals surface area contributed by atoms with Crippen LogP contribution in [0.2, 0.25) is 0 Å². The summed E-state index contributed by atoms with van der Waals surface area (Å²) in [6.45, 7) is 5.33. The van der Waals surface area contributed by atoms with Gasteiger partial charge in [-0.2, -0.15) is 0 Å². The van der Waals surface area contributed by atoms with Gasteiger partial charge in [0.15, 0.2) is 5.96 Å². The molecule has 0 radical (unpaired) electrons. The number of rotatable bonds is 6. The highest BCUT2D eigenvalue weighted by Crippen LogP contribution is 2.18. The molecule has 0 fully saturated rings. The van der Waals surface area contributed by atoms with E-state index in [1.54, 1.807) is 25.3 Å². The van der Waals surface area contributed by atoms with E-state index in [-0.39, 0.29) is 12.5 Å². The molecule has 2 heterocycles. The highest BCUT2D eigenvalue weighted by Gasteiger charge is 2.19. The Kier molecular flexibility index (Phi) is 6.62. The largest absolute Gasteiger partial charge is 0.354 e. The molecule has 3 rings (SSSR count). The Morgan fingerprint density at radius 1 is 1.29 bits per heavy atom. The summed E-state index contributed by atoms with van der Waals surface area (Å²) in [5.41, 5.74) is 2.70. The van der Waals surface area contributed by atoms with Crippen molar-refractivity contribution in [2.75, 3.05) is 33.7 Å². The molecule has 0 unspecified atom stereocenters. The minimum absolute atomic E-state index is 0.0104. The number of nitrogens with one attached hydrogen (secondary N) is 1. The standard InChI is InChI=1S/C20H29N7O/c1-4-18-24-23-15-27(18)12-10-21-20(22-13-19(28)25(2)3)26-11-9-16-7-5-6-8-17(16)14-26/h5-8,15H,4,9-14H2,1-3H3,(H,21,22). The van der Waals surface area contributed by atoms with Gasteiger partial charge in [-0.15, -0.1) is 10.2 Å². The van der Waals surface area contributed by atoms with E-state index >= 15 is 0 Å². The van der Waals surface area contributed by atoms with Crippen LogP contribution in [0, 0.1) is 0 Å². The summed E-state index contributed by atoms with van der Waals surface area (Å²) in [6, 6.07) is 8.50. The predicted molar refractivity (Wildman–Crippen MR) is 109 cm³/mol. The molecule has 0 atom stereocenters. The van der Waals surface area contributed by atoms with Gasteiger partial charge in [-0.1, -0.05) is 31.2 Å². The van der Waals surface area contributed by atoms with Crippen LogP contribution in [0.1, 0.15) is 23.9 Å². The van der Waals surface area contributed by atoms with Crippen molar-refractivity contribution in [3.05, 3.63) is 47.5 Å². The number of nitrogens with zero attached hydrogens (tertiary/aromatic N) is 6. The van der Waals surface area contributed by atoms with Gasteiger partial charge in [0.2, 0.25) is 5.91 Å². The fraction of sp³-hybridized carbons (Fsp3) is 0.500. The summed E-state index contributed by atoms with van der Waals surface area (Å²) < 4.78 is 2.04. The molecule has 150 valence electrons. The molecule has 0 aliphatic carbocycles. The van der Waals surface area contributed by atoms with E-state index in [1.165, 1.54) is 11.1 Å². The normalized spacial score (nSPS) is 14.0. The molecule has 28 heavy (non-hydrogen) atoms. The van der Waals surface area contributed by atoms with Crippen molar-refractivity contribution in [1.29, 1.82) is 0 Å². The lowest BCUT2D eigenvalue weighted by atomic mass is 10.0. The van der Waals surface area contributed by atoms with Crippen LogP contribution in [-0.4, -0.2) is 70.2 Å². The number of carbonyl (C=O) groups is 1. The molecule has 1 amide bonds. The van der Waals surface area contributed by atoms with Crippen LogP contribution in [0.25, 0.3) is 0 Å². The number of aryl methyl sites for hydroxylation is 1. The Morgan fingerprint density at radius 2 is 2.07 bits per heavy atom. The number of hydrogen-bond donors (Lipinski definition) is 1. The van der Waals surface area contributed by atoms with Crippen molar-refractivity contribution < 1.29 is 4.79 Å². The van der Waals surface area contributed by atoms with Gasteiger partial charge in [-0.05, 0) is 17.5 Å². The third kappa shape index (κ3) is 4.88. The van der Waals surface area contributed by atoms with Crippen LogP contribution in [0.15, 0.2) is 35.6 Å². The molecule has 0 saturated heterocycles. The SMILES string of the molecule is CCc1nncn1CCNC(=NCC(=O)N(C)C)N1CCc2ccccc2C1. The lowest BCUT2D eigenvalue weighted by molar-refractivity contribution is -0.127. The number of hydrogen-bond acceptors (Lipinski definition) is 4. The fourth-order valence-electron chi connectivity index (χ4n) is 3.26. The number of carbonyl (C=O) groups excluding carboxylic acids is 1. The summed E-state index contributed by atoms with van der Waals surface area (Å²) in [4.78, 5) is 20.4. The fourth-order valence-corrected chi connectivity index (χ4v) is 3.26. The summed E-state index contributed by atoms with van der Waals surface area (Å²) in [7, 11) is 3.50. The summed E-state index contributed by atoms with van der Waals surface area (Å²) in [5.74, 6) is 1.73. The van der Waals surface area contributed by atoms with Crippen molar-refractivity contribution in [2.24, 2.45) is 4.99 Å². The first-order valence-electron chi connectivity index (χ1n) is 9.75. The van der Waals surface area contributed by atoms with Crippen molar-refractivity contribution in [1.82, 2.24) is 29.9 Å². The second-order valence-electron chi connectivity index (χ2n) is 7.09.